The van der Waals surface area contributed by atoms with Gasteiger partial charge >= 0.3 is 0 Å². The summed E-state index contributed by atoms with van der Waals surface area (Å²) in [5.41, 5.74) is 4.16. The molecule has 4 rings (SSSR count). The molecule has 6 heteroatoms. The number of carbonyl (C=O) groups is 2. The van der Waals surface area contributed by atoms with E-state index in [1.165, 1.54) is 0 Å². The number of hydrogen-bond donors (Lipinski definition) is 1. The Morgan fingerprint density at radius 2 is 1.62 bits per heavy atom. The Bertz CT molecular complexity index is 1190. The zero-order chi connectivity index (χ0) is 26.2. The highest BCUT2D eigenvalue weighted by atomic mass is 16.7. The highest BCUT2D eigenvalue weighted by Crippen LogP contribution is 2.33. The summed E-state index contributed by atoms with van der Waals surface area (Å²) in [6.07, 6.45) is 2.10. The van der Waals surface area contributed by atoms with Gasteiger partial charge in [0.15, 0.2) is 11.5 Å². The summed E-state index contributed by atoms with van der Waals surface area (Å²) in [5, 5.41) is 3.12. The second-order valence-electron chi connectivity index (χ2n) is 9.72. The van der Waals surface area contributed by atoms with E-state index in [0.717, 1.165) is 34.4 Å². The van der Waals surface area contributed by atoms with Crippen LogP contribution in [-0.2, 0) is 29.0 Å². The molecular formula is C31H36N2O4. The third-order valence-electron chi connectivity index (χ3n) is 6.81. The first-order valence-electron chi connectivity index (χ1n) is 13.0. The van der Waals surface area contributed by atoms with Crippen LogP contribution < -0.4 is 14.8 Å². The number of nitrogens with one attached hydrogen (secondary N) is 1. The molecular weight excluding hydrogens is 464 g/mol. The Balaban J connectivity index is 1.59. The Morgan fingerprint density at radius 1 is 0.919 bits per heavy atom. The van der Waals surface area contributed by atoms with Crippen molar-refractivity contribution in [2.75, 3.05) is 6.79 Å². The molecule has 0 spiro atoms. The number of carbonyl (C=O) groups excluding carboxylic acids is 2. The first kappa shape index (κ1) is 26.3. The molecule has 0 unspecified atom stereocenters. The maximum Gasteiger partial charge on any atom is 0.243 e. The van der Waals surface area contributed by atoms with Crippen LogP contribution in [0.4, 0.5) is 0 Å². The molecule has 0 saturated carbocycles. The lowest BCUT2D eigenvalue weighted by Crippen LogP contribution is -2.52. The van der Waals surface area contributed by atoms with Crippen LogP contribution in [-0.4, -0.2) is 35.6 Å². The number of amides is 2. The van der Waals surface area contributed by atoms with Gasteiger partial charge in [-0.2, -0.15) is 0 Å². The summed E-state index contributed by atoms with van der Waals surface area (Å²) in [6.45, 7) is 6.65. The van der Waals surface area contributed by atoms with E-state index in [-0.39, 0.29) is 31.1 Å². The van der Waals surface area contributed by atoms with Crippen molar-refractivity contribution < 1.29 is 19.1 Å². The average Bonchev–Trinajstić information content (AvgIpc) is 3.39. The van der Waals surface area contributed by atoms with Gasteiger partial charge in [0.1, 0.15) is 6.04 Å². The van der Waals surface area contributed by atoms with Gasteiger partial charge in [0, 0.05) is 25.4 Å². The van der Waals surface area contributed by atoms with Gasteiger partial charge in [0.05, 0.1) is 0 Å². The summed E-state index contributed by atoms with van der Waals surface area (Å²) in [5.74, 6) is 1.25. The lowest BCUT2D eigenvalue weighted by Gasteiger charge is -2.32. The number of ether oxygens (including phenoxy) is 2. The average molecular weight is 501 g/mol. The van der Waals surface area contributed by atoms with Crippen molar-refractivity contribution >= 4 is 11.8 Å². The fourth-order valence-corrected chi connectivity index (χ4v) is 4.38. The van der Waals surface area contributed by atoms with E-state index in [9.17, 15) is 9.59 Å². The maximum atomic E-state index is 13.8. The van der Waals surface area contributed by atoms with Gasteiger partial charge in [0.25, 0.3) is 0 Å². The zero-order valence-corrected chi connectivity index (χ0v) is 21.9. The fourth-order valence-electron chi connectivity index (χ4n) is 4.38. The SMILES string of the molecule is CC[C@H](C)NC(=O)[C@H](Cc1ccccc1)N(Cc1ccc(C)cc1)C(=O)CCc1ccc2c(c1)OCO2. The summed E-state index contributed by atoms with van der Waals surface area (Å²) in [4.78, 5) is 29.1. The Morgan fingerprint density at radius 3 is 2.35 bits per heavy atom. The quantitative estimate of drug-likeness (QED) is 0.392. The molecule has 0 aliphatic carbocycles. The molecule has 6 nitrogen and oxygen atoms in total. The van der Waals surface area contributed by atoms with E-state index in [0.29, 0.717) is 25.1 Å². The molecule has 0 saturated heterocycles. The number of fused-ring (bicyclic) bond motifs is 1. The lowest BCUT2D eigenvalue weighted by molar-refractivity contribution is -0.141. The maximum absolute atomic E-state index is 13.8. The monoisotopic (exact) mass is 500 g/mol. The van der Waals surface area contributed by atoms with Gasteiger partial charge in [-0.1, -0.05) is 73.2 Å². The molecule has 0 aromatic heterocycles. The highest BCUT2D eigenvalue weighted by molar-refractivity contribution is 5.88. The molecule has 3 aromatic carbocycles. The van der Waals surface area contributed by atoms with Crippen molar-refractivity contribution in [2.45, 2.75) is 65.1 Å². The van der Waals surface area contributed by atoms with Gasteiger partial charge in [-0.3, -0.25) is 9.59 Å². The first-order valence-corrected chi connectivity index (χ1v) is 13.0. The van der Waals surface area contributed by atoms with Crippen LogP contribution in [0.15, 0.2) is 72.8 Å². The third-order valence-corrected chi connectivity index (χ3v) is 6.81. The Hall–Kier alpha value is -3.80. The summed E-state index contributed by atoms with van der Waals surface area (Å²) >= 11 is 0. The minimum atomic E-state index is -0.623. The molecule has 1 aliphatic heterocycles. The standard InChI is InChI=1S/C31H36N2O4/c1-4-23(3)32-31(35)27(18-24-8-6-5-7-9-24)33(20-26-12-10-22(2)11-13-26)30(34)17-15-25-14-16-28-29(19-25)37-21-36-28/h5-14,16,19,23,27H,4,15,17-18,20-21H2,1-3H3,(H,32,35)/t23-,27-/m0/s1. The van der Waals surface area contributed by atoms with Crippen LogP contribution in [0.1, 0.15) is 48.9 Å². The largest absolute Gasteiger partial charge is 0.454 e. The third kappa shape index (κ3) is 7.13. The van der Waals surface area contributed by atoms with Gasteiger partial charge in [-0.15, -0.1) is 0 Å². The highest BCUT2D eigenvalue weighted by Gasteiger charge is 2.31. The predicted octanol–water partition coefficient (Wildman–Crippen LogP) is 5.21. The molecule has 1 N–H and O–H groups in total. The van der Waals surface area contributed by atoms with E-state index >= 15 is 0 Å². The molecule has 2 atom stereocenters. The lowest BCUT2D eigenvalue weighted by atomic mass is 10.0. The molecule has 0 fully saturated rings. The van der Waals surface area contributed by atoms with Crippen LogP contribution in [0.3, 0.4) is 0 Å². The van der Waals surface area contributed by atoms with E-state index in [4.69, 9.17) is 9.47 Å². The van der Waals surface area contributed by atoms with Crippen molar-refractivity contribution in [3.05, 3.63) is 95.1 Å². The minimum Gasteiger partial charge on any atom is -0.454 e. The number of rotatable bonds is 11. The zero-order valence-electron chi connectivity index (χ0n) is 21.9. The molecule has 1 aliphatic rings. The summed E-state index contributed by atoms with van der Waals surface area (Å²) in [6, 6.07) is 23.2. The Kier molecular flexibility index (Phi) is 8.83. The minimum absolute atomic E-state index is 0.0238. The summed E-state index contributed by atoms with van der Waals surface area (Å²) < 4.78 is 10.9. The van der Waals surface area contributed by atoms with Crippen molar-refractivity contribution in [2.24, 2.45) is 0 Å². The van der Waals surface area contributed by atoms with Crippen molar-refractivity contribution in [1.29, 1.82) is 0 Å². The smallest absolute Gasteiger partial charge is 0.243 e. The fraction of sp³-hybridized carbons (Fsp3) is 0.355. The van der Waals surface area contributed by atoms with E-state index in [1.807, 2.05) is 93.6 Å². The van der Waals surface area contributed by atoms with Crippen molar-refractivity contribution in [3.8, 4) is 11.5 Å². The van der Waals surface area contributed by atoms with Crippen molar-refractivity contribution in [3.63, 3.8) is 0 Å². The molecule has 194 valence electrons. The van der Waals surface area contributed by atoms with Crippen LogP contribution in [0.25, 0.3) is 0 Å². The molecule has 2 amide bonds. The number of nitrogens with zero attached hydrogens (tertiary/aromatic N) is 1. The predicted molar refractivity (Wildman–Crippen MR) is 144 cm³/mol. The second kappa shape index (κ2) is 12.4. The molecule has 0 radical (unpaired) electrons. The van der Waals surface area contributed by atoms with E-state index < -0.39 is 6.04 Å². The van der Waals surface area contributed by atoms with Gasteiger partial charge in [0.2, 0.25) is 18.6 Å². The summed E-state index contributed by atoms with van der Waals surface area (Å²) in [7, 11) is 0. The molecule has 37 heavy (non-hydrogen) atoms. The molecule has 0 bridgehead atoms. The normalized spacial score (nSPS) is 13.6. The molecule has 3 aromatic rings. The van der Waals surface area contributed by atoms with Crippen LogP contribution >= 0.6 is 0 Å². The number of aryl methyl sites for hydroxylation is 2. The van der Waals surface area contributed by atoms with Crippen LogP contribution in [0, 0.1) is 6.92 Å². The first-order chi connectivity index (χ1) is 17.9. The Labute approximate surface area is 219 Å². The van der Waals surface area contributed by atoms with Gasteiger partial charge < -0.3 is 19.7 Å². The number of hydrogen-bond acceptors (Lipinski definition) is 4. The molecule has 1 heterocycles. The second-order valence-corrected chi connectivity index (χ2v) is 9.72. The van der Waals surface area contributed by atoms with Crippen molar-refractivity contribution in [1.82, 2.24) is 10.2 Å². The number of benzene rings is 3. The van der Waals surface area contributed by atoms with Crippen LogP contribution in [0.2, 0.25) is 0 Å². The van der Waals surface area contributed by atoms with Crippen LogP contribution in [0.5, 0.6) is 11.5 Å². The topological polar surface area (TPSA) is 67.9 Å². The van der Waals surface area contributed by atoms with Gasteiger partial charge in [-0.05, 0) is 55.5 Å². The van der Waals surface area contributed by atoms with E-state index in [2.05, 4.69) is 5.32 Å². The van der Waals surface area contributed by atoms with Gasteiger partial charge in [-0.25, -0.2) is 0 Å². The van der Waals surface area contributed by atoms with E-state index in [1.54, 1.807) is 4.90 Å².